The largest absolute Gasteiger partial charge is 0.491 e. The third-order valence-corrected chi connectivity index (χ3v) is 2.35. The van der Waals surface area contributed by atoms with E-state index in [-0.39, 0.29) is 12.0 Å². The van der Waals surface area contributed by atoms with Crippen LogP contribution in [-0.2, 0) is 11.3 Å². The van der Waals surface area contributed by atoms with Crippen molar-refractivity contribution in [1.82, 2.24) is 10.6 Å². The predicted octanol–water partition coefficient (Wildman–Crippen LogP) is 1.87. The first kappa shape index (κ1) is 15.2. The Morgan fingerprint density at radius 2 is 2.05 bits per heavy atom. The lowest BCUT2D eigenvalue weighted by atomic mass is 10.2. The minimum absolute atomic E-state index is 0.0281. The van der Waals surface area contributed by atoms with Crippen LogP contribution in [-0.4, -0.2) is 25.1 Å². The summed E-state index contributed by atoms with van der Waals surface area (Å²) in [6, 6.07) is 7.86. The Morgan fingerprint density at radius 1 is 1.37 bits per heavy atom. The van der Waals surface area contributed by atoms with E-state index >= 15 is 0 Å². The predicted molar refractivity (Wildman–Crippen MR) is 77.1 cm³/mol. The molecule has 0 aliphatic carbocycles. The van der Waals surface area contributed by atoms with E-state index in [1.54, 1.807) is 6.08 Å². The van der Waals surface area contributed by atoms with Gasteiger partial charge in [-0.1, -0.05) is 18.2 Å². The van der Waals surface area contributed by atoms with Crippen LogP contribution in [0.2, 0.25) is 0 Å². The third-order valence-electron chi connectivity index (χ3n) is 2.35. The Kier molecular flexibility index (Phi) is 6.68. The molecule has 0 aliphatic heterocycles. The van der Waals surface area contributed by atoms with E-state index in [9.17, 15) is 4.79 Å². The first-order valence-corrected chi connectivity index (χ1v) is 6.45. The zero-order valence-corrected chi connectivity index (χ0v) is 11.6. The van der Waals surface area contributed by atoms with Crippen LogP contribution in [0, 0.1) is 0 Å². The van der Waals surface area contributed by atoms with Crippen molar-refractivity contribution in [1.29, 1.82) is 0 Å². The summed E-state index contributed by atoms with van der Waals surface area (Å²) in [6.45, 7) is 9.00. The van der Waals surface area contributed by atoms with Gasteiger partial charge in [-0.15, -0.1) is 6.58 Å². The quantitative estimate of drug-likeness (QED) is 0.703. The lowest BCUT2D eigenvalue weighted by Gasteiger charge is -2.10. The molecule has 4 nitrogen and oxygen atoms in total. The Hall–Kier alpha value is -1.81. The van der Waals surface area contributed by atoms with Crippen molar-refractivity contribution in [3.63, 3.8) is 0 Å². The fraction of sp³-hybridized carbons (Fsp3) is 0.400. The molecule has 0 unspecified atom stereocenters. The molecule has 1 aromatic rings. The van der Waals surface area contributed by atoms with Crippen molar-refractivity contribution in [2.75, 3.05) is 13.1 Å². The number of ether oxygens (including phenoxy) is 1. The van der Waals surface area contributed by atoms with Crippen molar-refractivity contribution >= 4 is 5.91 Å². The molecule has 1 rings (SSSR count). The molecule has 0 aliphatic rings. The molecule has 0 spiro atoms. The molecule has 1 aromatic carbocycles. The summed E-state index contributed by atoms with van der Waals surface area (Å²) in [5.41, 5.74) is 1.12. The second kappa shape index (κ2) is 8.32. The van der Waals surface area contributed by atoms with Gasteiger partial charge >= 0.3 is 0 Å². The average Bonchev–Trinajstić information content (AvgIpc) is 2.38. The first-order valence-electron chi connectivity index (χ1n) is 6.45. The summed E-state index contributed by atoms with van der Waals surface area (Å²) in [5.74, 6) is 0.835. The van der Waals surface area contributed by atoms with Gasteiger partial charge in [-0.3, -0.25) is 4.79 Å². The molecule has 0 bridgehead atoms. The maximum Gasteiger partial charge on any atom is 0.234 e. The van der Waals surface area contributed by atoms with Gasteiger partial charge in [0.25, 0.3) is 0 Å². The van der Waals surface area contributed by atoms with Crippen LogP contribution >= 0.6 is 0 Å². The summed E-state index contributed by atoms with van der Waals surface area (Å²) in [5, 5.41) is 5.79. The number of carbonyl (C=O) groups is 1. The molecule has 0 radical (unpaired) electrons. The van der Waals surface area contributed by atoms with Gasteiger partial charge in [0.1, 0.15) is 5.75 Å². The van der Waals surface area contributed by atoms with Gasteiger partial charge in [0.2, 0.25) is 5.91 Å². The van der Waals surface area contributed by atoms with Crippen LogP contribution < -0.4 is 15.4 Å². The highest BCUT2D eigenvalue weighted by Gasteiger charge is 2.00. The van der Waals surface area contributed by atoms with E-state index in [0.717, 1.165) is 11.3 Å². The third kappa shape index (κ3) is 6.62. The number of rotatable bonds is 8. The van der Waals surface area contributed by atoms with Gasteiger partial charge in [0.05, 0.1) is 12.6 Å². The van der Waals surface area contributed by atoms with Crippen LogP contribution in [0.1, 0.15) is 19.4 Å². The molecule has 0 fully saturated rings. The fourth-order valence-electron chi connectivity index (χ4n) is 1.53. The monoisotopic (exact) mass is 262 g/mol. The SMILES string of the molecule is C=CCNC(=O)CNCc1ccc(OC(C)C)cc1. The molecule has 0 saturated carbocycles. The van der Waals surface area contributed by atoms with E-state index in [4.69, 9.17) is 4.74 Å². The Labute approximate surface area is 114 Å². The van der Waals surface area contributed by atoms with E-state index in [0.29, 0.717) is 19.6 Å². The topological polar surface area (TPSA) is 50.4 Å². The smallest absolute Gasteiger partial charge is 0.234 e. The fourth-order valence-corrected chi connectivity index (χ4v) is 1.53. The number of carbonyl (C=O) groups excluding carboxylic acids is 1. The molecule has 4 heteroatoms. The van der Waals surface area contributed by atoms with E-state index in [1.807, 2.05) is 38.1 Å². The number of amides is 1. The minimum atomic E-state index is -0.0281. The first-order chi connectivity index (χ1) is 9.11. The number of hydrogen-bond acceptors (Lipinski definition) is 3. The van der Waals surface area contributed by atoms with Crippen LogP contribution in [0.25, 0.3) is 0 Å². The highest BCUT2D eigenvalue weighted by atomic mass is 16.5. The molecule has 0 aromatic heterocycles. The lowest BCUT2D eigenvalue weighted by Crippen LogP contribution is -2.33. The molecule has 0 atom stereocenters. The lowest BCUT2D eigenvalue weighted by molar-refractivity contribution is -0.120. The molecular formula is C15H22N2O2. The summed E-state index contributed by atoms with van der Waals surface area (Å²) in [7, 11) is 0. The highest BCUT2D eigenvalue weighted by Crippen LogP contribution is 2.13. The Balaban J connectivity index is 2.29. The van der Waals surface area contributed by atoms with Gasteiger partial charge in [0.15, 0.2) is 0 Å². The molecular weight excluding hydrogens is 240 g/mol. The molecule has 2 N–H and O–H groups in total. The molecule has 104 valence electrons. The zero-order chi connectivity index (χ0) is 14.1. The van der Waals surface area contributed by atoms with Crippen LogP contribution in [0.5, 0.6) is 5.75 Å². The van der Waals surface area contributed by atoms with Crippen LogP contribution in [0.15, 0.2) is 36.9 Å². The van der Waals surface area contributed by atoms with Gasteiger partial charge in [0, 0.05) is 13.1 Å². The van der Waals surface area contributed by atoms with Crippen LogP contribution in [0.3, 0.4) is 0 Å². The summed E-state index contributed by atoms with van der Waals surface area (Å²) >= 11 is 0. The second-order valence-electron chi connectivity index (χ2n) is 4.51. The number of hydrogen-bond donors (Lipinski definition) is 2. The van der Waals surface area contributed by atoms with Gasteiger partial charge in [-0.05, 0) is 31.5 Å². The Bertz CT molecular complexity index is 399. The summed E-state index contributed by atoms with van der Waals surface area (Å²) in [4.78, 5) is 11.3. The number of nitrogens with one attached hydrogen (secondary N) is 2. The average molecular weight is 262 g/mol. The Morgan fingerprint density at radius 3 is 2.63 bits per heavy atom. The van der Waals surface area contributed by atoms with E-state index < -0.39 is 0 Å². The van der Waals surface area contributed by atoms with Crippen molar-refractivity contribution in [3.05, 3.63) is 42.5 Å². The van der Waals surface area contributed by atoms with Gasteiger partial charge in [-0.2, -0.15) is 0 Å². The van der Waals surface area contributed by atoms with Crippen molar-refractivity contribution in [2.24, 2.45) is 0 Å². The molecule has 0 heterocycles. The van der Waals surface area contributed by atoms with Crippen molar-refractivity contribution in [2.45, 2.75) is 26.5 Å². The summed E-state index contributed by atoms with van der Waals surface area (Å²) < 4.78 is 5.56. The standard InChI is InChI=1S/C15H22N2O2/c1-4-9-17-15(18)11-16-10-13-5-7-14(8-6-13)19-12(2)3/h4-8,12,16H,1,9-11H2,2-3H3,(H,17,18). The summed E-state index contributed by atoms with van der Waals surface area (Å²) in [6.07, 6.45) is 1.84. The normalized spacial score (nSPS) is 10.3. The van der Waals surface area contributed by atoms with E-state index in [2.05, 4.69) is 17.2 Å². The van der Waals surface area contributed by atoms with Gasteiger partial charge in [-0.25, -0.2) is 0 Å². The molecule has 0 saturated heterocycles. The number of benzene rings is 1. The van der Waals surface area contributed by atoms with Crippen molar-refractivity contribution < 1.29 is 9.53 Å². The van der Waals surface area contributed by atoms with Gasteiger partial charge < -0.3 is 15.4 Å². The van der Waals surface area contributed by atoms with E-state index in [1.165, 1.54) is 0 Å². The van der Waals surface area contributed by atoms with Crippen molar-refractivity contribution in [3.8, 4) is 5.75 Å². The molecule has 1 amide bonds. The molecule has 19 heavy (non-hydrogen) atoms. The maximum atomic E-state index is 11.3. The minimum Gasteiger partial charge on any atom is -0.491 e. The maximum absolute atomic E-state index is 11.3. The zero-order valence-electron chi connectivity index (χ0n) is 11.6. The second-order valence-corrected chi connectivity index (χ2v) is 4.51. The highest BCUT2D eigenvalue weighted by molar-refractivity contribution is 5.78. The van der Waals surface area contributed by atoms with Crippen LogP contribution in [0.4, 0.5) is 0 Å².